The molecule has 1 N–H and O–H groups in total. The lowest BCUT2D eigenvalue weighted by atomic mass is 10.1. The lowest BCUT2D eigenvalue weighted by Crippen LogP contribution is -1.98. The van der Waals surface area contributed by atoms with Crippen LogP contribution in [0, 0.1) is 0 Å². The molecule has 20 heavy (non-hydrogen) atoms. The number of aromatic nitrogens is 3. The zero-order valence-corrected chi connectivity index (χ0v) is 11.2. The summed E-state index contributed by atoms with van der Waals surface area (Å²) < 4.78 is 5.27. The molecule has 0 aliphatic rings. The van der Waals surface area contributed by atoms with E-state index >= 15 is 0 Å². The van der Waals surface area contributed by atoms with E-state index in [1.807, 2.05) is 37.3 Å². The molecule has 2 heterocycles. The number of aliphatic hydroxyl groups excluding tert-OH is 1. The Bertz CT molecular complexity index is 718. The van der Waals surface area contributed by atoms with Gasteiger partial charge in [-0.15, -0.1) is 0 Å². The van der Waals surface area contributed by atoms with E-state index in [0.29, 0.717) is 18.1 Å². The van der Waals surface area contributed by atoms with Crippen LogP contribution in [0.3, 0.4) is 0 Å². The number of hydrogen-bond acceptors (Lipinski definition) is 5. The van der Waals surface area contributed by atoms with Crippen molar-refractivity contribution in [3.05, 3.63) is 42.4 Å². The first-order valence-electron chi connectivity index (χ1n) is 6.65. The summed E-state index contributed by atoms with van der Waals surface area (Å²) in [4.78, 5) is 8.64. The first-order chi connectivity index (χ1) is 9.79. The van der Waals surface area contributed by atoms with E-state index in [0.717, 1.165) is 22.9 Å². The van der Waals surface area contributed by atoms with E-state index in [1.165, 1.54) is 0 Å². The minimum atomic E-state index is -0.680. The Hall–Kier alpha value is -2.27. The molecule has 0 amide bonds. The largest absolute Gasteiger partial charge is 0.385 e. The van der Waals surface area contributed by atoms with Gasteiger partial charge in [0.05, 0.1) is 11.1 Å². The number of aliphatic hydroxyl groups is 1. The van der Waals surface area contributed by atoms with E-state index in [9.17, 15) is 5.11 Å². The minimum Gasteiger partial charge on any atom is -0.385 e. The average Bonchev–Trinajstić information content (AvgIpc) is 2.97. The second-order valence-corrected chi connectivity index (χ2v) is 4.64. The van der Waals surface area contributed by atoms with Gasteiger partial charge in [0, 0.05) is 11.6 Å². The van der Waals surface area contributed by atoms with Crippen molar-refractivity contribution in [2.75, 3.05) is 0 Å². The normalized spacial score (nSPS) is 12.7. The molecule has 0 saturated carbocycles. The molecule has 0 bridgehead atoms. The molecule has 5 heteroatoms. The third-order valence-electron chi connectivity index (χ3n) is 3.17. The van der Waals surface area contributed by atoms with Gasteiger partial charge < -0.3 is 9.63 Å². The summed E-state index contributed by atoms with van der Waals surface area (Å²) >= 11 is 0. The van der Waals surface area contributed by atoms with Gasteiger partial charge in [-0.2, -0.15) is 4.98 Å². The van der Waals surface area contributed by atoms with E-state index < -0.39 is 6.10 Å². The highest BCUT2D eigenvalue weighted by Crippen LogP contribution is 2.27. The first kappa shape index (κ1) is 12.7. The van der Waals surface area contributed by atoms with E-state index in [-0.39, 0.29) is 0 Å². The SMILES string of the molecule is CCCC(O)c1noc(-c2cccc3cccnc23)n1. The van der Waals surface area contributed by atoms with Crippen LogP contribution in [0.5, 0.6) is 0 Å². The van der Waals surface area contributed by atoms with Crippen LogP contribution in [0.4, 0.5) is 0 Å². The fourth-order valence-corrected chi connectivity index (χ4v) is 2.16. The lowest BCUT2D eigenvalue weighted by molar-refractivity contribution is 0.153. The summed E-state index contributed by atoms with van der Waals surface area (Å²) in [5.74, 6) is 0.717. The maximum atomic E-state index is 9.89. The van der Waals surface area contributed by atoms with Gasteiger partial charge in [0.15, 0.2) is 0 Å². The number of hydrogen-bond donors (Lipinski definition) is 1. The van der Waals surface area contributed by atoms with Gasteiger partial charge in [0.2, 0.25) is 5.82 Å². The number of nitrogens with zero attached hydrogens (tertiary/aromatic N) is 3. The number of rotatable bonds is 4. The Balaban J connectivity index is 2.03. The van der Waals surface area contributed by atoms with E-state index in [4.69, 9.17) is 4.52 Å². The third-order valence-corrected chi connectivity index (χ3v) is 3.17. The molecular weight excluding hydrogens is 254 g/mol. The summed E-state index contributed by atoms with van der Waals surface area (Å²) in [6, 6.07) is 9.66. The number of para-hydroxylation sites is 1. The fraction of sp³-hybridized carbons (Fsp3) is 0.267. The molecule has 2 aromatic heterocycles. The molecule has 1 unspecified atom stereocenters. The zero-order valence-electron chi connectivity index (χ0n) is 11.2. The zero-order chi connectivity index (χ0) is 13.9. The Morgan fingerprint density at radius 2 is 2.10 bits per heavy atom. The van der Waals surface area contributed by atoms with Crippen LogP contribution in [-0.2, 0) is 0 Å². The molecule has 0 aliphatic heterocycles. The van der Waals surface area contributed by atoms with Crippen LogP contribution in [0.15, 0.2) is 41.1 Å². The maximum Gasteiger partial charge on any atom is 0.260 e. The molecule has 3 rings (SSSR count). The van der Waals surface area contributed by atoms with Gasteiger partial charge in [-0.05, 0) is 18.6 Å². The van der Waals surface area contributed by atoms with Crippen LogP contribution >= 0.6 is 0 Å². The minimum absolute atomic E-state index is 0.329. The molecular formula is C15H15N3O2. The molecule has 0 aliphatic carbocycles. The second-order valence-electron chi connectivity index (χ2n) is 4.64. The molecule has 5 nitrogen and oxygen atoms in total. The van der Waals surface area contributed by atoms with Gasteiger partial charge in [0.1, 0.15) is 6.10 Å². The Kier molecular flexibility index (Phi) is 3.43. The van der Waals surface area contributed by atoms with Crippen LogP contribution in [-0.4, -0.2) is 20.2 Å². The predicted molar refractivity (Wildman–Crippen MR) is 74.9 cm³/mol. The maximum absolute atomic E-state index is 9.89. The highest BCUT2D eigenvalue weighted by molar-refractivity contribution is 5.91. The summed E-state index contributed by atoms with van der Waals surface area (Å²) in [5, 5.41) is 14.8. The van der Waals surface area contributed by atoms with Crippen molar-refractivity contribution in [3.8, 4) is 11.5 Å². The lowest BCUT2D eigenvalue weighted by Gasteiger charge is -2.02. The topological polar surface area (TPSA) is 72.0 Å². The average molecular weight is 269 g/mol. The number of benzene rings is 1. The first-order valence-corrected chi connectivity index (χ1v) is 6.65. The molecule has 0 spiro atoms. The van der Waals surface area contributed by atoms with Gasteiger partial charge in [-0.3, -0.25) is 4.98 Å². The Morgan fingerprint density at radius 1 is 1.25 bits per heavy atom. The summed E-state index contributed by atoms with van der Waals surface area (Å²) in [6.07, 6.45) is 2.53. The molecule has 1 atom stereocenters. The standard InChI is InChI=1S/C15H15N3O2/c1-2-5-12(19)14-17-15(20-18-14)11-8-3-6-10-7-4-9-16-13(10)11/h3-4,6-9,12,19H,2,5H2,1H3. The van der Waals surface area contributed by atoms with Crippen LogP contribution in [0.1, 0.15) is 31.7 Å². The predicted octanol–water partition coefficient (Wildman–Crippen LogP) is 3.12. The van der Waals surface area contributed by atoms with Crippen molar-refractivity contribution in [1.29, 1.82) is 0 Å². The second kappa shape index (κ2) is 5.38. The number of pyridine rings is 1. The molecule has 102 valence electrons. The molecule has 3 aromatic rings. The van der Waals surface area contributed by atoms with Crippen LogP contribution < -0.4 is 0 Å². The monoisotopic (exact) mass is 269 g/mol. The van der Waals surface area contributed by atoms with Gasteiger partial charge in [-0.25, -0.2) is 0 Å². The van der Waals surface area contributed by atoms with Crippen molar-refractivity contribution in [3.63, 3.8) is 0 Å². The van der Waals surface area contributed by atoms with Crippen molar-refractivity contribution in [2.24, 2.45) is 0 Å². The van der Waals surface area contributed by atoms with Crippen LogP contribution in [0.25, 0.3) is 22.4 Å². The Morgan fingerprint density at radius 3 is 2.95 bits per heavy atom. The van der Waals surface area contributed by atoms with E-state index in [2.05, 4.69) is 15.1 Å². The fourth-order valence-electron chi connectivity index (χ4n) is 2.16. The summed E-state index contributed by atoms with van der Waals surface area (Å²) in [5.41, 5.74) is 1.60. The molecule has 0 radical (unpaired) electrons. The highest BCUT2D eigenvalue weighted by Gasteiger charge is 2.17. The number of fused-ring (bicyclic) bond motifs is 1. The third kappa shape index (κ3) is 2.28. The molecule has 1 aromatic carbocycles. The van der Waals surface area contributed by atoms with E-state index in [1.54, 1.807) is 6.20 Å². The van der Waals surface area contributed by atoms with Crippen molar-refractivity contribution < 1.29 is 9.63 Å². The van der Waals surface area contributed by atoms with Crippen molar-refractivity contribution in [2.45, 2.75) is 25.9 Å². The van der Waals surface area contributed by atoms with Crippen molar-refractivity contribution in [1.82, 2.24) is 15.1 Å². The summed E-state index contributed by atoms with van der Waals surface area (Å²) in [7, 11) is 0. The quantitative estimate of drug-likeness (QED) is 0.787. The van der Waals surface area contributed by atoms with Gasteiger partial charge >= 0.3 is 0 Å². The van der Waals surface area contributed by atoms with Gasteiger partial charge in [-0.1, -0.05) is 36.7 Å². The molecule has 0 fully saturated rings. The van der Waals surface area contributed by atoms with Gasteiger partial charge in [0.25, 0.3) is 5.89 Å². The smallest absolute Gasteiger partial charge is 0.260 e. The van der Waals surface area contributed by atoms with Crippen LogP contribution in [0.2, 0.25) is 0 Å². The van der Waals surface area contributed by atoms with Crippen molar-refractivity contribution >= 4 is 10.9 Å². The Labute approximate surface area is 116 Å². The highest BCUT2D eigenvalue weighted by atomic mass is 16.5. The molecule has 0 saturated heterocycles. The summed E-state index contributed by atoms with van der Waals surface area (Å²) in [6.45, 7) is 2.00.